The van der Waals surface area contributed by atoms with Gasteiger partial charge in [0.05, 0.1) is 36.7 Å². The van der Waals surface area contributed by atoms with E-state index in [1.165, 1.54) is 26.2 Å². The Morgan fingerprint density at radius 3 is 2.41 bits per heavy atom. The standard InChI is InChI=1S/C19H14F6N4O3/c1-3-32-17(30)12-9-27-29(15(12)19(23,24)25)14-6-4-5-13(28-14)11-7-10(18(20,21)22)8-26-16(11)31-2/h4-9H,3H2,1-2H3. The molecule has 0 aliphatic heterocycles. The quantitative estimate of drug-likeness (QED) is 0.411. The summed E-state index contributed by atoms with van der Waals surface area (Å²) in [5.74, 6) is -1.85. The highest BCUT2D eigenvalue weighted by Gasteiger charge is 2.41. The van der Waals surface area contributed by atoms with Crippen molar-refractivity contribution in [1.82, 2.24) is 19.7 Å². The molecule has 3 heterocycles. The lowest BCUT2D eigenvalue weighted by molar-refractivity contribution is -0.143. The van der Waals surface area contributed by atoms with Crippen LogP contribution in [0.25, 0.3) is 17.1 Å². The molecule has 0 N–H and O–H groups in total. The van der Waals surface area contributed by atoms with E-state index in [0.29, 0.717) is 17.1 Å². The number of alkyl halides is 6. The van der Waals surface area contributed by atoms with Gasteiger partial charge in [-0.2, -0.15) is 31.4 Å². The zero-order valence-electron chi connectivity index (χ0n) is 16.5. The van der Waals surface area contributed by atoms with E-state index in [4.69, 9.17) is 4.74 Å². The van der Waals surface area contributed by atoms with Crippen LogP contribution in [0.3, 0.4) is 0 Å². The summed E-state index contributed by atoms with van der Waals surface area (Å²) in [4.78, 5) is 19.5. The van der Waals surface area contributed by atoms with Gasteiger partial charge in [-0.25, -0.2) is 19.4 Å². The van der Waals surface area contributed by atoms with Crippen molar-refractivity contribution in [3.63, 3.8) is 0 Å². The number of carbonyl (C=O) groups excluding carboxylic acids is 1. The third-order valence-corrected chi connectivity index (χ3v) is 4.13. The maximum atomic E-state index is 13.7. The predicted molar refractivity (Wildman–Crippen MR) is 97.1 cm³/mol. The fraction of sp³-hybridized carbons (Fsp3) is 0.263. The Labute approximate surface area is 176 Å². The van der Waals surface area contributed by atoms with Gasteiger partial charge >= 0.3 is 18.3 Å². The molecule has 0 atom stereocenters. The number of ether oxygens (including phenoxy) is 2. The molecule has 0 aromatic carbocycles. The summed E-state index contributed by atoms with van der Waals surface area (Å²) >= 11 is 0. The molecule has 32 heavy (non-hydrogen) atoms. The van der Waals surface area contributed by atoms with Crippen molar-refractivity contribution < 1.29 is 40.6 Å². The second-order valence-electron chi connectivity index (χ2n) is 6.20. The van der Waals surface area contributed by atoms with Crippen LogP contribution >= 0.6 is 0 Å². The molecule has 3 rings (SSSR count). The molecule has 0 fully saturated rings. The number of hydrogen-bond acceptors (Lipinski definition) is 6. The molecular weight excluding hydrogens is 446 g/mol. The van der Waals surface area contributed by atoms with Crippen LogP contribution in [-0.4, -0.2) is 39.4 Å². The molecule has 0 spiro atoms. The van der Waals surface area contributed by atoms with E-state index in [0.717, 1.165) is 12.1 Å². The first-order valence-corrected chi connectivity index (χ1v) is 8.88. The van der Waals surface area contributed by atoms with Crippen molar-refractivity contribution in [3.05, 3.63) is 53.5 Å². The van der Waals surface area contributed by atoms with E-state index in [1.807, 2.05) is 0 Å². The summed E-state index contributed by atoms with van der Waals surface area (Å²) in [7, 11) is 1.17. The Bertz CT molecular complexity index is 1140. The summed E-state index contributed by atoms with van der Waals surface area (Å²) in [6.45, 7) is 1.27. The fourth-order valence-corrected chi connectivity index (χ4v) is 2.80. The van der Waals surface area contributed by atoms with Crippen LogP contribution in [-0.2, 0) is 17.1 Å². The molecule has 3 aromatic heterocycles. The Morgan fingerprint density at radius 1 is 1.09 bits per heavy atom. The smallest absolute Gasteiger partial charge is 0.434 e. The third-order valence-electron chi connectivity index (χ3n) is 4.13. The maximum Gasteiger partial charge on any atom is 0.434 e. The van der Waals surface area contributed by atoms with Crippen LogP contribution in [0.4, 0.5) is 26.3 Å². The lowest BCUT2D eigenvalue weighted by Crippen LogP contribution is -2.19. The van der Waals surface area contributed by atoms with E-state index < -0.39 is 41.0 Å². The van der Waals surface area contributed by atoms with Crippen LogP contribution in [0.1, 0.15) is 28.5 Å². The average Bonchev–Trinajstić information content (AvgIpc) is 3.19. The lowest BCUT2D eigenvalue weighted by atomic mass is 10.1. The molecule has 0 saturated carbocycles. The SMILES string of the molecule is CCOC(=O)c1cnn(-c2cccc(-c3cc(C(F)(F)F)cnc3OC)n2)c1C(F)(F)F. The van der Waals surface area contributed by atoms with Crippen LogP contribution in [0.2, 0.25) is 0 Å². The van der Waals surface area contributed by atoms with E-state index >= 15 is 0 Å². The van der Waals surface area contributed by atoms with Gasteiger partial charge in [0.2, 0.25) is 5.88 Å². The number of esters is 1. The van der Waals surface area contributed by atoms with Gasteiger partial charge in [0.15, 0.2) is 11.5 Å². The molecule has 0 saturated heterocycles. The topological polar surface area (TPSA) is 79.1 Å². The normalized spacial score (nSPS) is 12.0. The number of methoxy groups -OCH3 is 1. The molecule has 7 nitrogen and oxygen atoms in total. The van der Waals surface area contributed by atoms with Crippen molar-refractivity contribution >= 4 is 5.97 Å². The number of hydrogen-bond donors (Lipinski definition) is 0. The highest BCUT2D eigenvalue weighted by molar-refractivity contribution is 5.90. The second-order valence-corrected chi connectivity index (χ2v) is 6.20. The van der Waals surface area contributed by atoms with Crippen molar-refractivity contribution in [2.45, 2.75) is 19.3 Å². The van der Waals surface area contributed by atoms with Crippen molar-refractivity contribution in [3.8, 4) is 23.0 Å². The van der Waals surface area contributed by atoms with Gasteiger partial charge in [-0.1, -0.05) is 6.07 Å². The van der Waals surface area contributed by atoms with Gasteiger partial charge in [0.25, 0.3) is 0 Å². The zero-order chi connectivity index (χ0) is 23.7. The minimum Gasteiger partial charge on any atom is -0.481 e. The summed E-state index contributed by atoms with van der Waals surface area (Å²) in [6.07, 6.45) is -8.48. The first kappa shape index (κ1) is 23.0. The Hall–Kier alpha value is -3.64. The lowest BCUT2D eigenvalue weighted by Gasteiger charge is -2.14. The molecule has 0 unspecified atom stereocenters. The van der Waals surface area contributed by atoms with E-state index in [1.54, 1.807) is 0 Å². The third kappa shape index (κ3) is 4.50. The van der Waals surface area contributed by atoms with Gasteiger partial charge < -0.3 is 9.47 Å². The van der Waals surface area contributed by atoms with E-state index in [-0.39, 0.29) is 23.7 Å². The molecule has 3 aromatic rings. The van der Waals surface area contributed by atoms with Gasteiger partial charge in [-0.15, -0.1) is 0 Å². The summed E-state index contributed by atoms with van der Waals surface area (Å²) < 4.78 is 90.4. The van der Waals surface area contributed by atoms with Crippen LogP contribution in [0.5, 0.6) is 5.88 Å². The molecule has 0 aliphatic carbocycles. The monoisotopic (exact) mass is 460 g/mol. The molecule has 170 valence electrons. The van der Waals surface area contributed by atoms with Gasteiger partial charge in [0, 0.05) is 6.20 Å². The largest absolute Gasteiger partial charge is 0.481 e. The molecular formula is C19H14F6N4O3. The van der Waals surface area contributed by atoms with Crippen molar-refractivity contribution in [2.75, 3.05) is 13.7 Å². The second kappa shape index (κ2) is 8.48. The molecule has 0 radical (unpaired) electrons. The minimum absolute atomic E-state index is 0.153. The first-order valence-electron chi connectivity index (χ1n) is 8.88. The molecule has 13 heteroatoms. The Morgan fingerprint density at radius 2 is 1.81 bits per heavy atom. The van der Waals surface area contributed by atoms with Gasteiger partial charge in [0.1, 0.15) is 5.56 Å². The molecule has 0 bridgehead atoms. The minimum atomic E-state index is -5.01. The number of carbonyl (C=O) groups is 1. The Kier molecular flexibility index (Phi) is 6.10. The summed E-state index contributed by atoms with van der Waals surface area (Å²) in [6, 6.07) is 4.40. The zero-order valence-corrected chi connectivity index (χ0v) is 16.5. The predicted octanol–water partition coefficient (Wildman–Crippen LogP) is 4.55. The average molecular weight is 460 g/mol. The van der Waals surface area contributed by atoms with Gasteiger partial charge in [-0.05, 0) is 25.1 Å². The summed E-state index contributed by atoms with van der Waals surface area (Å²) in [5.41, 5.74) is -3.71. The van der Waals surface area contributed by atoms with E-state index in [9.17, 15) is 31.1 Å². The van der Waals surface area contributed by atoms with Crippen molar-refractivity contribution in [2.24, 2.45) is 0 Å². The molecule has 0 aliphatic rings. The van der Waals surface area contributed by atoms with Crippen molar-refractivity contribution in [1.29, 1.82) is 0 Å². The number of aromatic nitrogens is 4. The number of rotatable bonds is 5. The Balaban J connectivity index is 2.17. The highest BCUT2D eigenvalue weighted by atomic mass is 19.4. The number of halogens is 6. The molecule has 0 amide bonds. The van der Waals surface area contributed by atoms with Crippen LogP contribution < -0.4 is 4.74 Å². The fourth-order valence-electron chi connectivity index (χ4n) is 2.80. The van der Waals surface area contributed by atoms with Crippen LogP contribution in [0, 0.1) is 0 Å². The maximum absolute atomic E-state index is 13.7. The number of nitrogens with zero attached hydrogens (tertiary/aromatic N) is 4. The van der Waals surface area contributed by atoms with Gasteiger partial charge in [-0.3, -0.25) is 0 Å². The number of pyridine rings is 2. The summed E-state index contributed by atoms with van der Waals surface area (Å²) in [5, 5.41) is 3.60. The van der Waals surface area contributed by atoms with E-state index in [2.05, 4.69) is 19.8 Å². The first-order chi connectivity index (χ1) is 15.0. The highest BCUT2D eigenvalue weighted by Crippen LogP contribution is 2.36. The van der Waals surface area contributed by atoms with Crippen LogP contribution in [0.15, 0.2) is 36.7 Å².